The summed E-state index contributed by atoms with van der Waals surface area (Å²) < 4.78 is 68.7. The quantitative estimate of drug-likeness (QED) is 0.0222. The summed E-state index contributed by atoms with van der Waals surface area (Å²) in [6.07, 6.45) is 54.0. The normalized spacial score (nSPS) is 14.3. The first-order valence-electron chi connectivity index (χ1n) is 40.7. The van der Waals surface area contributed by atoms with Crippen molar-refractivity contribution < 1.29 is 80.2 Å². The molecule has 98 heavy (non-hydrogen) atoms. The smallest absolute Gasteiger partial charge is 0.462 e. The lowest BCUT2D eigenvalue weighted by atomic mass is 9.99. The fourth-order valence-electron chi connectivity index (χ4n) is 12.0. The third-order valence-corrected chi connectivity index (χ3v) is 20.6. The second-order valence-corrected chi connectivity index (χ2v) is 33.0. The molecule has 0 aromatic heterocycles. The summed E-state index contributed by atoms with van der Waals surface area (Å²) in [6.45, 7) is 14.3. The monoisotopic (exact) mass is 1440 g/mol. The molecule has 0 rings (SSSR count). The molecule has 0 heterocycles. The minimum atomic E-state index is -4.96. The number of phosphoric ester groups is 2. The van der Waals surface area contributed by atoms with Crippen LogP contribution in [0.25, 0.3) is 0 Å². The number of carbonyl (C=O) groups excluding carboxylic acids is 4. The molecule has 0 aliphatic heterocycles. The molecule has 19 heteroatoms. The second-order valence-electron chi connectivity index (χ2n) is 30.1. The van der Waals surface area contributed by atoms with Gasteiger partial charge in [-0.05, 0) is 49.4 Å². The van der Waals surface area contributed by atoms with E-state index >= 15 is 0 Å². The van der Waals surface area contributed by atoms with Crippen molar-refractivity contribution >= 4 is 39.5 Å². The van der Waals surface area contributed by atoms with Crippen molar-refractivity contribution in [3.63, 3.8) is 0 Å². The average molecular weight is 1440 g/mol. The van der Waals surface area contributed by atoms with Crippen molar-refractivity contribution in [2.45, 2.75) is 420 Å². The highest BCUT2D eigenvalue weighted by Gasteiger charge is 2.30. The molecule has 582 valence electrons. The predicted octanol–water partition coefficient (Wildman–Crippen LogP) is 23.2. The highest BCUT2D eigenvalue weighted by molar-refractivity contribution is 7.47. The molecule has 0 saturated carbocycles. The first-order chi connectivity index (χ1) is 47.1. The van der Waals surface area contributed by atoms with Gasteiger partial charge in [0.25, 0.3) is 0 Å². The maximum Gasteiger partial charge on any atom is 0.472 e. The Morgan fingerprint density at radius 3 is 0.724 bits per heavy atom. The molecule has 0 bridgehead atoms. The SMILES string of the molecule is CCC(C)CCCCCCCCCCCCCCCCC(=O)O[C@H](COC(=O)CCCCCCCCCCCCCC(C)C)COP(=O)(O)OC[C@@H](O)COP(=O)(O)OC[C@@H](COC(=O)CCCCCCCCCCCC(C)C)OC(=O)CCCCCCCCCCCCCC(C)C. The Hall–Kier alpha value is -1.94. The van der Waals surface area contributed by atoms with Crippen molar-refractivity contribution in [1.29, 1.82) is 0 Å². The molecule has 3 unspecified atom stereocenters. The first-order valence-corrected chi connectivity index (χ1v) is 43.7. The Morgan fingerprint density at radius 1 is 0.286 bits per heavy atom. The molecule has 0 aliphatic carbocycles. The van der Waals surface area contributed by atoms with Gasteiger partial charge in [0.05, 0.1) is 26.4 Å². The van der Waals surface area contributed by atoms with Crippen LogP contribution in [-0.2, 0) is 65.4 Å². The summed E-state index contributed by atoms with van der Waals surface area (Å²) in [5.41, 5.74) is 0. The van der Waals surface area contributed by atoms with Gasteiger partial charge in [0, 0.05) is 25.7 Å². The minimum Gasteiger partial charge on any atom is -0.462 e. The Balaban J connectivity index is 5.27. The third-order valence-electron chi connectivity index (χ3n) is 18.7. The fourth-order valence-corrected chi connectivity index (χ4v) is 13.6. The van der Waals surface area contributed by atoms with Crippen LogP contribution in [0.1, 0.15) is 402 Å². The number of hydrogen-bond donors (Lipinski definition) is 3. The number of hydrogen-bond acceptors (Lipinski definition) is 15. The van der Waals surface area contributed by atoms with Crippen molar-refractivity contribution in [3.05, 3.63) is 0 Å². The van der Waals surface area contributed by atoms with Gasteiger partial charge >= 0.3 is 39.5 Å². The Kier molecular flexibility index (Phi) is 66.8. The van der Waals surface area contributed by atoms with Gasteiger partial charge in [-0.25, -0.2) is 9.13 Å². The maximum atomic E-state index is 13.1. The van der Waals surface area contributed by atoms with E-state index in [0.717, 1.165) is 114 Å². The van der Waals surface area contributed by atoms with E-state index in [4.69, 9.17) is 37.0 Å². The van der Waals surface area contributed by atoms with E-state index in [2.05, 4.69) is 55.4 Å². The minimum absolute atomic E-state index is 0.106. The van der Waals surface area contributed by atoms with E-state index in [1.165, 1.54) is 205 Å². The third kappa shape index (κ3) is 71.1. The lowest BCUT2D eigenvalue weighted by molar-refractivity contribution is -0.161. The van der Waals surface area contributed by atoms with E-state index in [1.54, 1.807) is 0 Å². The topological polar surface area (TPSA) is 237 Å². The van der Waals surface area contributed by atoms with Gasteiger partial charge in [0.2, 0.25) is 0 Å². The molecule has 0 aromatic carbocycles. The first kappa shape index (κ1) is 96.1. The van der Waals surface area contributed by atoms with Crippen molar-refractivity contribution in [1.82, 2.24) is 0 Å². The Morgan fingerprint density at radius 2 is 0.490 bits per heavy atom. The van der Waals surface area contributed by atoms with Crippen molar-refractivity contribution in [2.75, 3.05) is 39.6 Å². The standard InChI is InChI=1S/C79H154O17P2/c1-9-72(8)58-50-42-34-26-18-12-10-11-13-19-28-37-45-53-61-78(83)95-74(65-89-76(81)59-51-43-35-27-20-14-16-23-31-39-47-55-69(2)3)67-93-97(85,86)91-63-73(80)64-92-98(87,88)94-68-75(66-90-77(82)60-52-44-36-30-22-25-33-41-49-57-71(6)7)96-79(84)62-54-46-38-29-21-15-17-24-32-40-48-56-70(4)5/h69-75,80H,9-68H2,1-8H3,(H,85,86)(H,87,88)/t72?,73-,74-,75-/m1/s1. The van der Waals surface area contributed by atoms with Crippen LogP contribution in [0.2, 0.25) is 0 Å². The number of phosphoric acid groups is 2. The molecule has 6 atom stereocenters. The van der Waals surface area contributed by atoms with Gasteiger partial charge in [-0.1, -0.05) is 351 Å². The summed E-state index contributed by atoms with van der Waals surface area (Å²) in [5, 5.41) is 10.6. The summed E-state index contributed by atoms with van der Waals surface area (Å²) in [5.74, 6) is 1.01. The van der Waals surface area contributed by atoms with Crippen LogP contribution in [0.15, 0.2) is 0 Å². The van der Waals surface area contributed by atoms with Gasteiger partial charge in [-0.3, -0.25) is 37.3 Å². The van der Waals surface area contributed by atoms with Crippen LogP contribution in [0.5, 0.6) is 0 Å². The van der Waals surface area contributed by atoms with Crippen LogP contribution >= 0.6 is 15.6 Å². The van der Waals surface area contributed by atoms with Gasteiger partial charge < -0.3 is 33.8 Å². The van der Waals surface area contributed by atoms with Crippen molar-refractivity contribution in [3.8, 4) is 0 Å². The van der Waals surface area contributed by atoms with Gasteiger partial charge in [-0.2, -0.15) is 0 Å². The molecule has 0 aromatic rings. The van der Waals surface area contributed by atoms with E-state index in [1.807, 2.05) is 0 Å². The van der Waals surface area contributed by atoms with Crippen LogP contribution in [0.3, 0.4) is 0 Å². The number of unbranched alkanes of at least 4 members (excludes halogenated alkanes) is 41. The highest BCUT2D eigenvalue weighted by Crippen LogP contribution is 2.45. The predicted molar refractivity (Wildman–Crippen MR) is 400 cm³/mol. The molecule has 0 aliphatic rings. The number of ether oxygens (including phenoxy) is 4. The van der Waals surface area contributed by atoms with E-state index in [-0.39, 0.29) is 25.7 Å². The van der Waals surface area contributed by atoms with Gasteiger partial charge in [0.15, 0.2) is 12.2 Å². The maximum absolute atomic E-state index is 13.1. The Bertz CT molecular complexity index is 1920. The molecule has 0 radical (unpaired) electrons. The summed E-state index contributed by atoms with van der Waals surface area (Å²) in [7, 11) is -9.92. The number of carbonyl (C=O) groups is 4. The number of rotatable bonds is 76. The highest BCUT2D eigenvalue weighted by atomic mass is 31.2. The Labute approximate surface area is 600 Å². The second kappa shape index (κ2) is 68.2. The zero-order valence-corrected chi connectivity index (χ0v) is 66.2. The van der Waals surface area contributed by atoms with Crippen LogP contribution in [0, 0.1) is 23.7 Å². The average Bonchev–Trinajstić information content (AvgIpc) is 0.992. The van der Waals surface area contributed by atoms with Crippen LogP contribution in [0.4, 0.5) is 0 Å². The van der Waals surface area contributed by atoms with Crippen LogP contribution < -0.4 is 0 Å². The van der Waals surface area contributed by atoms with E-state index in [0.29, 0.717) is 25.7 Å². The molecule has 17 nitrogen and oxygen atoms in total. The van der Waals surface area contributed by atoms with E-state index in [9.17, 15) is 43.2 Å². The summed E-state index contributed by atoms with van der Waals surface area (Å²) in [4.78, 5) is 73.0. The zero-order chi connectivity index (χ0) is 72.4. The number of esters is 4. The molecule has 3 N–H and O–H groups in total. The van der Waals surface area contributed by atoms with E-state index < -0.39 is 97.5 Å². The van der Waals surface area contributed by atoms with Crippen LogP contribution in [-0.4, -0.2) is 96.7 Å². The molecule has 0 amide bonds. The molecule has 0 saturated heterocycles. The lowest BCUT2D eigenvalue weighted by Gasteiger charge is -2.21. The molecule has 0 spiro atoms. The van der Waals surface area contributed by atoms with Crippen molar-refractivity contribution in [2.24, 2.45) is 23.7 Å². The number of aliphatic hydroxyl groups is 1. The summed E-state index contributed by atoms with van der Waals surface area (Å²) in [6, 6.07) is 0. The number of aliphatic hydroxyl groups excluding tert-OH is 1. The van der Waals surface area contributed by atoms with Gasteiger partial charge in [0.1, 0.15) is 19.3 Å². The molecular formula is C79H154O17P2. The van der Waals surface area contributed by atoms with Gasteiger partial charge in [-0.15, -0.1) is 0 Å². The zero-order valence-electron chi connectivity index (χ0n) is 64.4. The lowest BCUT2D eigenvalue weighted by Crippen LogP contribution is -2.30. The largest absolute Gasteiger partial charge is 0.472 e. The molecule has 0 fully saturated rings. The molecular weight excluding hydrogens is 1280 g/mol. The fraction of sp³-hybridized carbons (Fsp3) is 0.949. The summed E-state index contributed by atoms with van der Waals surface area (Å²) >= 11 is 0.